The fourth-order valence-electron chi connectivity index (χ4n) is 6.62. The second-order valence-corrected chi connectivity index (χ2v) is 19.6. The number of carbonyl (C=O) groups excluding carboxylic acids is 2. The van der Waals surface area contributed by atoms with Gasteiger partial charge in [-0.25, -0.2) is 4.57 Å². The number of phosphoric acid groups is 1. The molecule has 0 radical (unpaired) electrons. The molecule has 2 atom stereocenters. The molecule has 66 heavy (non-hydrogen) atoms. The molecule has 9 nitrogen and oxygen atoms in total. The molecule has 0 rings (SSSR count). The Balaban J connectivity index is 3.94. The number of hydrogen-bond acceptors (Lipinski definition) is 7. The monoisotopic (exact) mass is 943 g/mol. The van der Waals surface area contributed by atoms with E-state index in [-0.39, 0.29) is 32.0 Å². The quantitative estimate of drug-likeness (QED) is 0.0211. The molecule has 0 fully saturated rings. The Labute approximate surface area is 404 Å². The zero-order chi connectivity index (χ0) is 48.5. The van der Waals surface area contributed by atoms with Gasteiger partial charge >= 0.3 is 19.8 Å². The van der Waals surface area contributed by atoms with E-state index in [1.807, 2.05) is 21.1 Å². The molecule has 10 heteroatoms. The number of ether oxygens (including phenoxy) is 2. The zero-order valence-electron chi connectivity index (χ0n) is 42.6. The summed E-state index contributed by atoms with van der Waals surface area (Å²) in [5.74, 6) is -0.819. The third kappa shape index (κ3) is 50.3. The van der Waals surface area contributed by atoms with E-state index >= 15 is 0 Å². The first kappa shape index (κ1) is 62.9. The van der Waals surface area contributed by atoms with Crippen molar-refractivity contribution >= 4 is 19.8 Å². The molecular weight excluding hydrogens is 846 g/mol. The number of likely N-dealkylation sites (N-methyl/N-ethyl adjacent to an activating group) is 1. The summed E-state index contributed by atoms with van der Waals surface area (Å²) in [4.78, 5) is 35.1. The van der Waals surface area contributed by atoms with Crippen molar-refractivity contribution in [2.24, 2.45) is 0 Å². The molecule has 1 N–H and O–H groups in total. The van der Waals surface area contributed by atoms with E-state index in [4.69, 9.17) is 18.5 Å². The van der Waals surface area contributed by atoms with Crippen LogP contribution in [0.15, 0.2) is 97.2 Å². The van der Waals surface area contributed by atoms with Gasteiger partial charge in [-0.1, -0.05) is 201 Å². The number of esters is 2. The van der Waals surface area contributed by atoms with Crippen LogP contribution in [0.25, 0.3) is 0 Å². The SMILES string of the molecule is CC/C=C\C/C=C\C/C=C\C/C=C\C/C=C\C/C=C\C/C=C\C/C=C\CCCCCCCCCCCCCCC(=O)OC(COC(=O)CCCCCCC)COP(=O)(O)OCC[N+](C)(C)C. The number of rotatable bonds is 46. The Bertz CT molecular complexity index is 1440. The van der Waals surface area contributed by atoms with Gasteiger partial charge in [0.15, 0.2) is 6.10 Å². The Morgan fingerprint density at radius 2 is 0.864 bits per heavy atom. The molecule has 2 unspecified atom stereocenters. The van der Waals surface area contributed by atoms with Crippen molar-refractivity contribution in [3.8, 4) is 0 Å². The van der Waals surface area contributed by atoms with E-state index in [0.29, 0.717) is 17.4 Å². The summed E-state index contributed by atoms with van der Waals surface area (Å²) in [5.41, 5.74) is 0. The highest BCUT2D eigenvalue weighted by atomic mass is 31.2. The third-order valence-corrected chi connectivity index (χ3v) is 11.6. The lowest BCUT2D eigenvalue weighted by molar-refractivity contribution is -0.870. The lowest BCUT2D eigenvalue weighted by Gasteiger charge is -2.24. The van der Waals surface area contributed by atoms with Crippen molar-refractivity contribution in [1.29, 1.82) is 0 Å². The van der Waals surface area contributed by atoms with E-state index in [9.17, 15) is 19.0 Å². The number of unbranched alkanes of at least 4 members (excludes halogenated alkanes) is 16. The fraction of sp³-hybridized carbons (Fsp3) is 0.679. The molecule has 0 aromatic rings. The van der Waals surface area contributed by atoms with Crippen molar-refractivity contribution in [2.45, 2.75) is 200 Å². The predicted molar refractivity (Wildman–Crippen MR) is 279 cm³/mol. The molecule has 0 saturated heterocycles. The molecule has 0 aliphatic rings. The van der Waals surface area contributed by atoms with Crippen LogP contribution in [0.4, 0.5) is 0 Å². The molecular formula is C56H97NO8P+. The van der Waals surface area contributed by atoms with Gasteiger partial charge < -0.3 is 18.9 Å². The molecule has 0 amide bonds. The van der Waals surface area contributed by atoms with E-state index in [2.05, 4.69) is 111 Å². The van der Waals surface area contributed by atoms with Gasteiger partial charge in [0.25, 0.3) is 0 Å². The Kier molecular flexibility index (Phi) is 44.8. The maximum atomic E-state index is 12.7. The standard InChI is InChI=1S/C56H96NO8P/c1-6-8-10-12-13-14-15-16-17-18-19-20-21-22-23-24-25-26-27-28-29-30-31-32-33-34-35-36-37-38-39-40-41-42-43-45-47-49-56(59)65-54(52-62-55(58)48-46-44-11-9-7-2)53-64-66(60,61)63-51-50-57(3,4)5/h8,10,13-14,16-17,19-20,22-23,25-26,28-29,31-32,54H,6-7,9,11-12,15,18,21,24,27,30,33-53H2,1-5H3/p+1/b10-8-,14-13-,17-16-,20-19-,23-22-,26-25-,29-28-,32-31-. The van der Waals surface area contributed by atoms with Gasteiger partial charge in [0.1, 0.15) is 19.8 Å². The first-order valence-electron chi connectivity index (χ1n) is 26.0. The van der Waals surface area contributed by atoms with Crippen LogP contribution in [0.1, 0.15) is 194 Å². The largest absolute Gasteiger partial charge is 0.472 e. The molecule has 0 aliphatic heterocycles. The van der Waals surface area contributed by atoms with Gasteiger partial charge in [0.05, 0.1) is 27.7 Å². The Hall–Kier alpha value is -3.07. The normalized spacial score (nSPS) is 14.2. The summed E-state index contributed by atoms with van der Waals surface area (Å²) in [6, 6.07) is 0. The predicted octanol–water partition coefficient (Wildman–Crippen LogP) is 15.7. The van der Waals surface area contributed by atoms with E-state index in [1.54, 1.807) is 0 Å². The lowest BCUT2D eigenvalue weighted by Crippen LogP contribution is -2.37. The fourth-order valence-corrected chi connectivity index (χ4v) is 7.36. The highest BCUT2D eigenvalue weighted by Crippen LogP contribution is 2.43. The van der Waals surface area contributed by atoms with Crippen molar-refractivity contribution in [2.75, 3.05) is 47.5 Å². The molecule has 0 aromatic heterocycles. The van der Waals surface area contributed by atoms with Crippen LogP contribution in [0.5, 0.6) is 0 Å². The highest BCUT2D eigenvalue weighted by molar-refractivity contribution is 7.47. The van der Waals surface area contributed by atoms with E-state index < -0.39 is 26.5 Å². The molecule has 0 heterocycles. The number of phosphoric ester groups is 1. The third-order valence-electron chi connectivity index (χ3n) is 10.6. The van der Waals surface area contributed by atoms with Crippen LogP contribution in [-0.4, -0.2) is 74.9 Å². The summed E-state index contributed by atoms with van der Waals surface area (Å²) in [7, 11) is 1.46. The minimum atomic E-state index is -4.37. The van der Waals surface area contributed by atoms with E-state index in [1.165, 1.54) is 57.8 Å². The first-order valence-corrected chi connectivity index (χ1v) is 27.5. The van der Waals surface area contributed by atoms with Crippen molar-refractivity contribution in [3.05, 3.63) is 97.2 Å². The molecule has 0 aliphatic carbocycles. The van der Waals surface area contributed by atoms with Crippen LogP contribution in [0.2, 0.25) is 0 Å². The smallest absolute Gasteiger partial charge is 0.462 e. The van der Waals surface area contributed by atoms with Crippen LogP contribution in [0, 0.1) is 0 Å². The van der Waals surface area contributed by atoms with Gasteiger partial charge in [0.2, 0.25) is 0 Å². The maximum Gasteiger partial charge on any atom is 0.472 e. The van der Waals surface area contributed by atoms with Crippen molar-refractivity contribution in [3.63, 3.8) is 0 Å². The molecule has 0 bridgehead atoms. The van der Waals surface area contributed by atoms with Crippen molar-refractivity contribution < 1.29 is 42.1 Å². The van der Waals surface area contributed by atoms with Crippen molar-refractivity contribution in [1.82, 2.24) is 0 Å². The minimum Gasteiger partial charge on any atom is -0.462 e. The summed E-state index contributed by atoms with van der Waals surface area (Å²) in [6.07, 6.45) is 63.9. The van der Waals surface area contributed by atoms with Gasteiger partial charge in [-0.2, -0.15) is 0 Å². The van der Waals surface area contributed by atoms with Crippen LogP contribution < -0.4 is 0 Å². The minimum absolute atomic E-state index is 0.0283. The second-order valence-electron chi connectivity index (χ2n) is 18.2. The average molecular weight is 943 g/mol. The Morgan fingerprint density at radius 1 is 0.485 bits per heavy atom. The zero-order valence-corrected chi connectivity index (χ0v) is 43.5. The van der Waals surface area contributed by atoms with Crippen LogP contribution >= 0.6 is 7.82 Å². The summed E-state index contributed by atoms with van der Waals surface area (Å²) in [6.45, 7) is 4.20. The first-order chi connectivity index (χ1) is 32.0. The molecule has 0 spiro atoms. The van der Waals surface area contributed by atoms with Gasteiger partial charge in [0, 0.05) is 12.8 Å². The molecule has 378 valence electrons. The van der Waals surface area contributed by atoms with Gasteiger partial charge in [-0.15, -0.1) is 0 Å². The average Bonchev–Trinajstić information content (AvgIpc) is 3.27. The van der Waals surface area contributed by atoms with E-state index in [0.717, 1.165) is 103 Å². The summed E-state index contributed by atoms with van der Waals surface area (Å²) in [5, 5.41) is 0. The molecule has 0 saturated carbocycles. The van der Waals surface area contributed by atoms with Crippen LogP contribution in [0.3, 0.4) is 0 Å². The number of quaternary nitrogens is 1. The highest BCUT2D eigenvalue weighted by Gasteiger charge is 2.27. The van der Waals surface area contributed by atoms with Gasteiger partial charge in [-0.05, 0) is 77.0 Å². The van der Waals surface area contributed by atoms with Crippen LogP contribution in [-0.2, 0) is 32.7 Å². The number of hydrogen-bond donors (Lipinski definition) is 1. The second kappa shape index (κ2) is 47.0. The number of nitrogens with zero attached hydrogens (tertiary/aromatic N) is 1. The maximum absolute atomic E-state index is 12.7. The number of allylic oxidation sites excluding steroid dienone is 16. The summed E-state index contributed by atoms with van der Waals surface area (Å²) >= 11 is 0. The van der Waals surface area contributed by atoms with Gasteiger partial charge in [-0.3, -0.25) is 18.6 Å². The Morgan fingerprint density at radius 3 is 1.29 bits per heavy atom. The molecule has 0 aromatic carbocycles. The topological polar surface area (TPSA) is 108 Å². The lowest BCUT2D eigenvalue weighted by atomic mass is 10.0. The summed E-state index contributed by atoms with van der Waals surface area (Å²) < 4.78 is 34.1. The number of carbonyl (C=O) groups is 2.